The molecule has 0 aromatic rings. The van der Waals surface area contributed by atoms with E-state index in [2.05, 4.69) is 5.32 Å². The Labute approximate surface area is 77.6 Å². The number of hydrogen-bond acceptors (Lipinski definition) is 3. The molecule has 1 aliphatic carbocycles. The van der Waals surface area contributed by atoms with Gasteiger partial charge in [-0.25, -0.2) is 4.79 Å². The molecule has 74 valence electrons. The van der Waals surface area contributed by atoms with Crippen LogP contribution >= 0.6 is 0 Å². The van der Waals surface area contributed by atoms with Crippen LogP contribution in [0.1, 0.15) is 25.7 Å². The van der Waals surface area contributed by atoms with Gasteiger partial charge in [0.15, 0.2) is 0 Å². The second kappa shape index (κ2) is 3.18. The molecule has 1 amide bonds. The SMILES string of the molecule is COC1CCCC2(COC(=O)N2)C1. The maximum Gasteiger partial charge on any atom is 0.407 e. The lowest BCUT2D eigenvalue weighted by Crippen LogP contribution is -2.48. The van der Waals surface area contributed by atoms with Gasteiger partial charge in [0.05, 0.1) is 11.6 Å². The third-order valence-electron chi connectivity index (χ3n) is 2.98. The van der Waals surface area contributed by atoms with Gasteiger partial charge in [0.2, 0.25) is 0 Å². The van der Waals surface area contributed by atoms with Gasteiger partial charge in [0.25, 0.3) is 0 Å². The first-order chi connectivity index (χ1) is 6.24. The fourth-order valence-corrected chi connectivity index (χ4v) is 2.25. The highest BCUT2D eigenvalue weighted by molar-refractivity contribution is 5.70. The number of ether oxygens (including phenoxy) is 2. The van der Waals surface area contributed by atoms with Gasteiger partial charge in [0, 0.05) is 13.5 Å². The molecule has 4 heteroatoms. The zero-order chi connectivity index (χ0) is 9.31. The molecule has 0 bridgehead atoms. The lowest BCUT2D eigenvalue weighted by molar-refractivity contribution is 0.0326. The fraction of sp³-hybridized carbons (Fsp3) is 0.889. The van der Waals surface area contributed by atoms with Gasteiger partial charge in [0.1, 0.15) is 6.61 Å². The molecule has 1 saturated heterocycles. The molecule has 2 fully saturated rings. The number of nitrogens with one attached hydrogen (secondary N) is 1. The number of carbonyl (C=O) groups is 1. The molecule has 0 aromatic heterocycles. The molecule has 1 spiro atoms. The summed E-state index contributed by atoms with van der Waals surface area (Å²) in [4.78, 5) is 10.9. The van der Waals surface area contributed by atoms with Crippen LogP contribution in [0.25, 0.3) is 0 Å². The highest BCUT2D eigenvalue weighted by Crippen LogP contribution is 2.32. The zero-order valence-corrected chi connectivity index (χ0v) is 7.84. The highest BCUT2D eigenvalue weighted by atomic mass is 16.6. The molecule has 2 rings (SSSR count). The number of methoxy groups -OCH3 is 1. The van der Waals surface area contributed by atoms with Crippen molar-refractivity contribution in [1.29, 1.82) is 0 Å². The van der Waals surface area contributed by atoms with E-state index in [1.165, 1.54) is 0 Å². The molecule has 0 aromatic carbocycles. The summed E-state index contributed by atoms with van der Waals surface area (Å²) in [7, 11) is 1.72. The predicted molar refractivity (Wildman–Crippen MR) is 46.5 cm³/mol. The third kappa shape index (κ3) is 1.63. The van der Waals surface area contributed by atoms with Gasteiger partial charge in [-0.3, -0.25) is 0 Å². The van der Waals surface area contributed by atoms with Gasteiger partial charge < -0.3 is 14.8 Å². The Morgan fingerprint density at radius 3 is 3.15 bits per heavy atom. The summed E-state index contributed by atoms with van der Waals surface area (Å²) in [6, 6.07) is 0. The minimum atomic E-state index is -0.281. The topological polar surface area (TPSA) is 47.6 Å². The summed E-state index contributed by atoms with van der Waals surface area (Å²) in [5, 5.41) is 2.89. The van der Waals surface area contributed by atoms with Gasteiger partial charge in [-0.2, -0.15) is 0 Å². The maximum atomic E-state index is 10.9. The number of alkyl carbamates (subject to hydrolysis) is 1. The Hall–Kier alpha value is -0.770. The van der Waals surface area contributed by atoms with Gasteiger partial charge in [-0.15, -0.1) is 0 Å². The van der Waals surface area contributed by atoms with Crippen LogP contribution in [0.2, 0.25) is 0 Å². The van der Waals surface area contributed by atoms with Crippen molar-refractivity contribution in [1.82, 2.24) is 5.32 Å². The minimum Gasteiger partial charge on any atom is -0.447 e. The van der Waals surface area contributed by atoms with Crippen molar-refractivity contribution in [2.24, 2.45) is 0 Å². The van der Waals surface area contributed by atoms with Crippen LogP contribution in [0, 0.1) is 0 Å². The molecule has 2 aliphatic rings. The van der Waals surface area contributed by atoms with E-state index in [4.69, 9.17) is 9.47 Å². The van der Waals surface area contributed by atoms with E-state index >= 15 is 0 Å². The quantitative estimate of drug-likeness (QED) is 0.664. The van der Waals surface area contributed by atoms with Gasteiger partial charge in [-0.1, -0.05) is 0 Å². The van der Waals surface area contributed by atoms with Crippen LogP contribution < -0.4 is 5.32 Å². The van der Waals surface area contributed by atoms with Crippen LogP contribution in [0.4, 0.5) is 4.79 Å². The van der Waals surface area contributed by atoms with E-state index in [1.807, 2.05) is 0 Å². The normalized spacial score (nSPS) is 38.8. The van der Waals surface area contributed by atoms with Crippen molar-refractivity contribution < 1.29 is 14.3 Å². The first-order valence-electron chi connectivity index (χ1n) is 4.72. The summed E-state index contributed by atoms with van der Waals surface area (Å²) in [6.45, 7) is 0.506. The average molecular weight is 185 g/mol. The van der Waals surface area contributed by atoms with E-state index in [1.54, 1.807) is 7.11 Å². The Bertz CT molecular complexity index is 219. The summed E-state index contributed by atoms with van der Waals surface area (Å²) in [5.74, 6) is 0. The summed E-state index contributed by atoms with van der Waals surface area (Å²) in [6.07, 6.45) is 4.08. The van der Waals surface area contributed by atoms with Crippen molar-refractivity contribution in [3.63, 3.8) is 0 Å². The smallest absolute Gasteiger partial charge is 0.407 e. The average Bonchev–Trinajstić information content (AvgIpc) is 2.47. The standard InChI is InChI=1S/C9H15NO3/c1-12-7-3-2-4-9(5-7)6-13-8(11)10-9/h7H,2-6H2,1H3,(H,10,11). The molecule has 1 saturated carbocycles. The minimum absolute atomic E-state index is 0.129. The molecule has 1 heterocycles. The molecule has 1 N–H and O–H groups in total. The Kier molecular flexibility index (Phi) is 2.15. The van der Waals surface area contributed by atoms with Crippen molar-refractivity contribution in [3.8, 4) is 0 Å². The molecule has 2 unspecified atom stereocenters. The third-order valence-corrected chi connectivity index (χ3v) is 2.98. The summed E-state index contributed by atoms with van der Waals surface area (Å²) >= 11 is 0. The van der Waals surface area contributed by atoms with Crippen LogP contribution in [-0.2, 0) is 9.47 Å². The van der Waals surface area contributed by atoms with E-state index in [-0.39, 0.29) is 17.7 Å². The molecular formula is C9H15NO3. The first kappa shape index (κ1) is 8.81. The van der Waals surface area contributed by atoms with E-state index in [0.29, 0.717) is 6.61 Å². The second-order valence-corrected chi connectivity index (χ2v) is 3.94. The largest absolute Gasteiger partial charge is 0.447 e. The Morgan fingerprint density at radius 1 is 1.69 bits per heavy atom. The molecule has 2 atom stereocenters. The first-order valence-corrected chi connectivity index (χ1v) is 4.72. The van der Waals surface area contributed by atoms with Crippen LogP contribution in [0.15, 0.2) is 0 Å². The van der Waals surface area contributed by atoms with E-state index in [0.717, 1.165) is 25.7 Å². The van der Waals surface area contributed by atoms with Gasteiger partial charge >= 0.3 is 6.09 Å². The number of hydrogen-bond donors (Lipinski definition) is 1. The molecule has 0 radical (unpaired) electrons. The molecule has 1 aliphatic heterocycles. The predicted octanol–water partition coefficient (Wildman–Crippen LogP) is 1.05. The van der Waals surface area contributed by atoms with Crippen LogP contribution in [0.3, 0.4) is 0 Å². The number of rotatable bonds is 1. The van der Waals surface area contributed by atoms with Gasteiger partial charge in [-0.05, 0) is 19.3 Å². The Morgan fingerprint density at radius 2 is 2.54 bits per heavy atom. The van der Waals surface area contributed by atoms with Crippen molar-refractivity contribution >= 4 is 6.09 Å². The summed E-state index contributed by atoms with van der Waals surface area (Å²) < 4.78 is 10.2. The van der Waals surface area contributed by atoms with E-state index in [9.17, 15) is 4.79 Å². The lowest BCUT2D eigenvalue weighted by Gasteiger charge is -2.35. The molecule has 13 heavy (non-hydrogen) atoms. The number of cyclic esters (lactones) is 1. The zero-order valence-electron chi connectivity index (χ0n) is 7.84. The number of amides is 1. The second-order valence-electron chi connectivity index (χ2n) is 3.94. The van der Waals surface area contributed by atoms with Crippen LogP contribution in [0.5, 0.6) is 0 Å². The Balaban J connectivity index is 2.02. The van der Waals surface area contributed by atoms with Crippen molar-refractivity contribution in [2.45, 2.75) is 37.3 Å². The fourth-order valence-electron chi connectivity index (χ4n) is 2.25. The highest BCUT2D eigenvalue weighted by Gasteiger charge is 2.43. The van der Waals surface area contributed by atoms with Crippen LogP contribution in [-0.4, -0.2) is 31.5 Å². The number of carbonyl (C=O) groups excluding carboxylic acids is 1. The lowest BCUT2D eigenvalue weighted by atomic mass is 9.81. The maximum absolute atomic E-state index is 10.9. The van der Waals surface area contributed by atoms with Crippen molar-refractivity contribution in [3.05, 3.63) is 0 Å². The summed E-state index contributed by atoms with van der Waals surface area (Å²) in [5.41, 5.74) is -0.129. The molecular weight excluding hydrogens is 170 g/mol. The van der Waals surface area contributed by atoms with E-state index < -0.39 is 0 Å². The monoisotopic (exact) mass is 185 g/mol. The molecule has 4 nitrogen and oxygen atoms in total. The van der Waals surface area contributed by atoms with Crippen molar-refractivity contribution in [2.75, 3.05) is 13.7 Å².